The molecule has 0 N–H and O–H groups in total. The Morgan fingerprint density at radius 2 is 1.85 bits per heavy atom. The van der Waals surface area contributed by atoms with Gasteiger partial charge in [0.15, 0.2) is 0 Å². The van der Waals surface area contributed by atoms with Gasteiger partial charge in [0.2, 0.25) is 11.8 Å². The second kappa shape index (κ2) is 5.61. The molecule has 9 heteroatoms. The zero-order valence-corrected chi connectivity index (χ0v) is 11.1. The summed E-state index contributed by atoms with van der Waals surface area (Å²) in [5.74, 6) is -1.12. The van der Waals surface area contributed by atoms with E-state index >= 15 is 0 Å². The highest BCUT2D eigenvalue weighted by molar-refractivity contribution is 9.10. The molecule has 0 amide bonds. The maximum Gasteiger partial charge on any atom is 0.573 e. The number of alkyl halides is 3. The molecular weight excluding hydrogens is 348 g/mol. The SMILES string of the molecule is Fc1cc(Oc2ccc(OC(F)(F)F)c(Br)c2)ncn1. The molecule has 0 atom stereocenters. The van der Waals surface area contributed by atoms with Crippen LogP contribution < -0.4 is 9.47 Å². The average Bonchev–Trinajstić information content (AvgIpc) is 2.31. The number of ether oxygens (including phenoxy) is 2. The first-order chi connectivity index (χ1) is 9.33. The summed E-state index contributed by atoms with van der Waals surface area (Å²) >= 11 is 2.92. The van der Waals surface area contributed by atoms with E-state index in [9.17, 15) is 17.6 Å². The van der Waals surface area contributed by atoms with Crippen molar-refractivity contribution in [1.29, 1.82) is 0 Å². The van der Waals surface area contributed by atoms with E-state index in [1.54, 1.807) is 0 Å². The molecule has 1 aromatic heterocycles. The molecule has 0 bridgehead atoms. The Balaban J connectivity index is 2.17. The van der Waals surface area contributed by atoms with Gasteiger partial charge < -0.3 is 9.47 Å². The third-order valence-corrected chi connectivity index (χ3v) is 2.58. The summed E-state index contributed by atoms with van der Waals surface area (Å²) in [5, 5.41) is 0. The van der Waals surface area contributed by atoms with Crippen molar-refractivity contribution in [1.82, 2.24) is 9.97 Å². The fourth-order valence-corrected chi connectivity index (χ4v) is 1.69. The normalized spacial score (nSPS) is 11.2. The second-order valence-electron chi connectivity index (χ2n) is 3.42. The zero-order chi connectivity index (χ0) is 14.8. The predicted molar refractivity (Wildman–Crippen MR) is 62.9 cm³/mol. The summed E-state index contributed by atoms with van der Waals surface area (Å²) in [4.78, 5) is 6.89. The number of hydrogen-bond acceptors (Lipinski definition) is 4. The number of aromatic nitrogens is 2. The number of nitrogens with zero attached hydrogens (tertiary/aromatic N) is 2. The van der Waals surface area contributed by atoms with Crippen molar-refractivity contribution in [3.63, 3.8) is 0 Å². The summed E-state index contributed by atoms with van der Waals surface area (Å²) in [6, 6.07) is 4.46. The van der Waals surface area contributed by atoms with Crippen LogP contribution in [0.4, 0.5) is 17.6 Å². The fraction of sp³-hybridized carbons (Fsp3) is 0.0909. The largest absolute Gasteiger partial charge is 0.573 e. The van der Waals surface area contributed by atoms with Gasteiger partial charge in [0, 0.05) is 0 Å². The molecule has 0 aliphatic heterocycles. The van der Waals surface area contributed by atoms with Gasteiger partial charge in [-0.25, -0.2) is 9.97 Å². The Morgan fingerprint density at radius 3 is 2.45 bits per heavy atom. The van der Waals surface area contributed by atoms with E-state index in [-0.39, 0.29) is 16.1 Å². The number of hydrogen-bond donors (Lipinski definition) is 0. The summed E-state index contributed by atoms with van der Waals surface area (Å²) < 4.78 is 58.0. The lowest BCUT2D eigenvalue weighted by molar-refractivity contribution is -0.274. The fourth-order valence-electron chi connectivity index (χ4n) is 1.25. The number of rotatable bonds is 3. The first-order valence-electron chi connectivity index (χ1n) is 5.04. The van der Waals surface area contributed by atoms with E-state index in [0.717, 1.165) is 18.5 Å². The lowest BCUT2D eigenvalue weighted by atomic mass is 10.3. The van der Waals surface area contributed by atoms with E-state index in [1.165, 1.54) is 12.1 Å². The summed E-state index contributed by atoms with van der Waals surface area (Å²) in [6.45, 7) is 0. The molecule has 0 saturated heterocycles. The topological polar surface area (TPSA) is 44.2 Å². The van der Waals surface area contributed by atoms with Gasteiger partial charge in [0.1, 0.15) is 17.8 Å². The molecule has 0 radical (unpaired) electrons. The van der Waals surface area contributed by atoms with Crippen LogP contribution in [-0.2, 0) is 0 Å². The van der Waals surface area contributed by atoms with Crippen LogP contribution in [0.1, 0.15) is 0 Å². The molecule has 1 aromatic carbocycles. The van der Waals surface area contributed by atoms with E-state index in [1.807, 2.05) is 0 Å². The summed E-state index contributed by atoms with van der Waals surface area (Å²) in [7, 11) is 0. The van der Waals surface area contributed by atoms with Crippen molar-refractivity contribution in [2.24, 2.45) is 0 Å². The highest BCUT2D eigenvalue weighted by atomic mass is 79.9. The molecule has 20 heavy (non-hydrogen) atoms. The van der Waals surface area contributed by atoms with Crippen molar-refractivity contribution >= 4 is 15.9 Å². The minimum absolute atomic E-state index is 0.0295. The molecule has 0 fully saturated rings. The van der Waals surface area contributed by atoms with Gasteiger partial charge in [-0.3, -0.25) is 0 Å². The number of benzene rings is 1. The molecular formula is C11H5BrF4N2O2. The van der Waals surface area contributed by atoms with E-state index in [0.29, 0.717) is 0 Å². The van der Waals surface area contributed by atoms with Crippen LogP contribution in [0.3, 0.4) is 0 Å². The Hall–Kier alpha value is -1.90. The first-order valence-corrected chi connectivity index (χ1v) is 5.83. The molecule has 0 aliphatic rings. The molecule has 2 aromatic rings. The smallest absolute Gasteiger partial charge is 0.439 e. The van der Waals surface area contributed by atoms with Gasteiger partial charge in [-0.15, -0.1) is 13.2 Å². The summed E-state index contributed by atoms with van der Waals surface area (Å²) in [5.41, 5.74) is 0. The highest BCUT2D eigenvalue weighted by Crippen LogP contribution is 2.34. The average molecular weight is 353 g/mol. The standard InChI is InChI=1S/C11H5BrF4N2O2/c12-7-3-6(1-2-8(7)20-11(14,15)16)19-10-4-9(13)17-5-18-10/h1-5H. The summed E-state index contributed by atoms with van der Waals surface area (Å²) in [6.07, 6.45) is -3.83. The number of halogens is 5. The molecule has 106 valence electrons. The minimum atomic E-state index is -4.79. The third kappa shape index (κ3) is 4.05. The van der Waals surface area contributed by atoms with Crippen LogP contribution in [-0.4, -0.2) is 16.3 Å². The van der Waals surface area contributed by atoms with Gasteiger partial charge in [-0.1, -0.05) is 0 Å². The molecule has 1 heterocycles. The third-order valence-electron chi connectivity index (χ3n) is 1.96. The van der Waals surface area contributed by atoms with E-state index < -0.39 is 18.1 Å². The first kappa shape index (κ1) is 14.5. The van der Waals surface area contributed by atoms with Crippen LogP contribution in [0.2, 0.25) is 0 Å². The molecule has 0 aliphatic carbocycles. The molecule has 4 nitrogen and oxygen atoms in total. The Kier molecular flexibility index (Phi) is 4.07. The van der Waals surface area contributed by atoms with E-state index in [2.05, 4.69) is 30.6 Å². The molecule has 0 unspecified atom stereocenters. The van der Waals surface area contributed by atoms with Crippen molar-refractivity contribution in [3.05, 3.63) is 41.0 Å². The van der Waals surface area contributed by atoms with Crippen molar-refractivity contribution < 1.29 is 27.0 Å². The van der Waals surface area contributed by atoms with Crippen LogP contribution >= 0.6 is 15.9 Å². The second-order valence-corrected chi connectivity index (χ2v) is 4.28. The van der Waals surface area contributed by atoms with Crippen molar-refractivity contribution in [2.75, 3.05) is 0 Å². The quantitative estimate of drug-likeness (QED) is 0.617. The predicted octanol–water partition coefficient (Wildman–Crippen LogP) is 4.07. The van der Waals surface area contributed by atoms with Gasteiger partial charge in [-0.05, 0) is 34.1 Å². The minimum Gasteiger partial charge on any atom is -0.439 e. The molecule has 2 rings (SSSR count). The molecule has 0 saturated carbocycles. The van der Waals surface area contributed by atoms with Gasteiger partial charge in [0.25, 0.3) is 0 Å². The zero-order valence-electron chi connectivity index (χ0n) is 9.49. The lowest BCUT2D eigenvalue weighted by Gasteiger charge is -2.11. The van der Waals surface area contributed by atoms with Gasteiger partial charge in [0.05, 0.1) is 10.5 Å². The monoisotopic (exact) mass is 352 g/mol. The Labute approximate surface area is 118 Å². The van der Waals surface area contributed by atoms with Crippen LogP contribution in [0.25, 0.3) is 0 Å². The van der Waals surface area contributed by atoms with Gasteiger partial charge in [-0.2, -0.15) is 4.39 Å². The lowest BCUT2D eigenvalue weighted by Crippen LogP contribution is -2.17. The van der Waals surface area contributed by atoms with Crippen LogP contribution in [0.15, 0.2) is 35.1 Å². The molecule has 0 spiro atoms. The highest BCUT2D eigenvalue weighted by Gasteiger charge is 2.32. The maximum absolute atomic E-state index is 12.8. The van der Waals surface area contributed by atoms with Crippen LogP contribution in [0.5, 0.6) is 17.4 Å². The van der Waals surface area contributed by atoms with Crippen molar-refractivity contribution in [3.8, 4) is 17.4 Å². The van der Waals surface area contributed by atoms with E-state index in [4.69, 9.17) is 4.74 Å². The van der Waals surface area contributed by atoms with Crippen LogP contribution in [0, 0.1) is 5.95 Å². The maximum atomic E-state index is 12.8. The Morgan fingerprint density at radius 1 is 1.10 bits per heavy atom. The van der Waals surface area contributed by atoms with Gasteiger partial charge >= 0.3 is 6.36 Å². The Bertz CT molecular complexity index is 622. The van der Waals surface area contributed by atoms with Crippen molar-refractivity contribution in [2.45, 2.75) is 6.36 Å².